The van der Waals surface area contributed by atoms with Crippen molar-refractivity contribution in [2.45, 2.75) is 52.5 Å². The summed E-state index contributed by atoms with van der Waals surface area (Å²) in [6.45, 7) is 8.33. The number of aryl methyl sites for hydroxylation is 1. The summed E-state index contributed by atoms with van der Waals surface area (Å²) in [5, 5.41) is 3.57. The zero-order valence-corrected chi connectivity index (χ0v) is 13.4. The van der Waals surface area contributed by atoms with Gasteiger partial charge in [0.2, 0.25) is 0 Å². The largest absolute Gasteiger partial charge is 0.493 e. The van der Waals surface area contributed by atoms with Crippen molar-refractivity contribution in [3.05, 3.63) is 23.8 Å². The Balaban J connectivity index is 2.33. The molecule has 3 heteroatoms. The van der Waals surface area contributed by atoms with Gasteiger partial charge in [-0.3, -0.25) is 0 Å². The fourth-order valence-electron chi connectivity index (χ4n) is 2.20. The summed E-state index contributed by atoms with van der Waals surface area (Å²) in [5.74, 6) is 1.66. The predicted octanol–water partition coefficient (Wildman–Crippen LogP) is 3.94. The maximum absolute atomic E-state index is 5.83. The van der Waals surface area contributed by atoms with Crippen LogP contribution in [0.1, 0.15) is 45.1 Å². The van der Waals surface area contributed by atoms with Gasteiger partial charge in [-0.2, -0.15) is 0 Å². The average molecular weight is 279 g/mol. The molecule has 1 aromatic rings. The van der Waals surface area contributed by atoms with Crippen molar-refractivity contribution in [3.63, 3.8) is 0 Å². The Morgan fingerprint density at radius 3 is 2.65 bits per heavy atom. The fraction of sp³-hybridized carbons (Fsp3) is 0.647. The molecular weight excluding hydrogens is 250 g/mol. The van der Waals surface area contributed by atoms with Gasteiger partial charge in [0.05, 0.1) is 13.7 Å². The van der Waals surface area contributed by atoms with E-state index >= 15 is 0 Å². The molecule has 1 rings (SSSR count). The Labute approximate surface area is 123 Å². The van der Waals surface area contributed by atoms with Crippen molar-refractivity contribution in [1.82, 2.24) is 5.32 Å². The van der Waals surface area contributed by atoms with Gasteiger partial charge in [0.25, 0.3) is 0 Å². The summed E-state index contributed by atoms with van der Waals surface area (Å²) in [6.07, 6.45) is 4.58. The molecular formula is C17H29NO2. The first-order valence-corrected chi connectivity index (χ1v) is 7.72. The van der Waals surface area contributed by atoms with Crippen molar-refractivity contribution in [2.24, 2.45) is 0 Å². The minimum absolute atomic E-state index is 0.610. The average Bonchev–Trinajstić information content (AvgIpc) is 2.47. The predicted molar refractivity (Wildman–Crippen MR) is 84.8 cm³/mol. The van der Waals surface area contributed by atoms with E-state index in [0.717, 1.165) is 37.5 Å². The van der Waals surface area contributed by atoms with E-state index in [4.69, 9.17) is 9.47 Å². The molecule has 114 valence electrons. The minimum Gasteiger partial charge on any atom is -0.493 e. The van der Waals surface area contributed by atoms with Crippen LogP contribution in [0.2, 0.25) is 0 Å². The molecule has 0 bridgehead atoms. The Morgan fingerprint density at radius 2 is 2.00 bits per heavy atom. The molecule has 0 heterocycles. The van der Waals surface area contributed by atoms with Crippen LogP contribution in [0.25, 0.3) is 0 Å². The molecule has 1 aromatic carbocycles. The highest BCUT2D eigenvalue weighted by Gasteiger charge is 2.06. The third kappa shape index (κ3) is 5.83. The zero-order valence-electron chi connectivity index (χ0n) is 13.4. The molecule has 0 amide bonds. The smallest absolute Gasteiger partial charge is 0.161 e. The van der Waals surface area contributed by atoms with Gasteiger partial charge in [-0.15, -0.1) is 0 Å². The molecule has 0 aromatic heterocycles. The van der Waals surface area contributed by atoms with Gasteiger partial charge in [0.1, 0.15) is 0 Å². The molecule has 0 aliphatic carbocycles. The van der Waals surface area contributed by atoms with E-state index in [1.54, 1.807) is 7.11 Å². The molecule has 0 aliphatic rings. The lowest BCUT2D eigenvalue weighted by atomic mass is 10.1. The first-order chi connectivity index (χ1) is 9.71. The van der Waals surface area contributed by atoms with Crippen molar-refractivity contribution in [3.8, 4) is 11.5 Å². The van der Waals surface area contributed by atoms with Crippen LogP contribution >= 0.6 is 0 Å². The third-order valence-corrected chi connectivity index (χ3v) is 3.45. The molecule has 20 heavy (non-hydrogen) atoms. The fourth-order valence-corrected chi connectivity index (χ4v) is 2.20. The number of hydrogen-bond donors (Lipinski definition) is 1. The monoisotopic (exact) mass is 279 g/mol. The van der Waals surface area contributed by atoms with E-state index < -0.39 is 0 Å². The lowest BCUT2D eigenvalue weighted by Gasteiger charge is -2.17. The highest BCUT2D eigenvalue weighted by Crippen LogP contribution is 2.27. The number of benzene rings is 1. The molecule has 1 N–H and O–H groups in total. The molecule has 0 fully saturated rings. The molecule has 1 unspecified atom stereocenters. The van der Waals surface area contributed by atoms with Crippen molar-refractivity contribution >= 4 is 0 Å². The summed E-state index contributed by atoms with van der Waals surface area (Å²) in [6, 6.07) is 6.65. The lowest BCUT2D eigenvalue weighted by molar-refractivity contribution is 0.277. The highest BCUT2D eigenvalue weighted by molar-refractivity contribution is 5.42. The molecule has 0 saturated carbocycles. The molecule has 0 radical (unpaired) electrons. The van der Waals surface area contributed by atoms with Crippen LogP contribution in [0.5, 0.6) is 11.5 Å². The second-order valence-electron chi connectivity index (χ2n) is 5.20. The molecule has 0 saturated heterocycles. The summed E-state index contributed by atoms with van der Waals surface area (Å²) in [7, 11) is 1.68. The maximum Gasteiger partial charge on any atom is 0.161 e. The van der Waals surface area contributed by atoms with Crippen LogP contribution < -0.4 is 14.8 Å². The van der Waals surface area contributed by atoms with E-state index in [2.05, 4.69) is 32.2 Å². The van der Waals surface area contributed by atoms with Gasteiger partial charge in [-0.25, -0.2) is 0 Å². The topological polar surface area (TPSA) is 30.5 Å². The Morgan fingerprint density at radius 1 is 1.20 bits per heavy atom. The van der Waals surface area contributed by atoms with Crippen molar-refractivity contribution in [2.75, 3.05) is 20.3 Å². The number of ether oxygens (including phenoxy) is 2. The standard InChI is InChI=1S/C17H29NO2/c1-5-11-18-15(6-2)8-7-12-20-16-10-9-14(3)13-17(16)19-4/h9-10,13,15,18H,5-8,11-12H2,1-4H3. The second kappa shape index (κ2) is 9.65. The zero-order chi connectivity index (χ0) is 14.8. The van der Waals surface area contributed by atoms with E-state index in [9.17, 15) is 0 Å². The Kier molecular flexibility index (Phi) is 8.12. The van der Waals surface area contributed by atoms with Gasteiger partial charge < -0.3 is 14.8 Å². The SMILES string of the molecule is CCCNC(CC)CCCOc1ccc(C)cc1OC. The van der Waals surface area contributed by atoms with E-state index in [1.807, 2.05) is 12.1 Å². The molecule has 1 atom stereocenters. The Bertz CT molecular complexity index is 379. The summed E-state index contributed by atoms with van der Waals surface area (Å²) in [5.41, 5.74) is 1.18. The van der Waals surface area contributed by atoms with Crippen LogP contribution in [0.3, 0.4) is 0 Å². The molecule has 3 nitrogen and oxygen atoms in total. The first kappa shape index (κ1) is 16.8. The summed E-state index contributed by atoms with van der Waals surface area (Å²) < 4.78 is 11.2. The van der Waals surface area contributed by atoms with Crippen molar-refractivity contribution in [1.29, 1.82) is 0 Å². The third-order valence-electron chi connectivity index (χ3n) is 3.45. The normalized spacial score (nSPS) is 12.2. The van der Waals surface area contributed by atoms with Gasteiger partial charge in [-0.05, 0) is 56.8 Å². The lowest BCUT2D eigenvalue weighted by Crippen LogP contribution is -2.29. The van der Waals surface area contributed by atoms with Gasteiger partial charge >= 0.3 is 0 Å². The summed E-state index contributed by atoms with van der Waals surface area (Å²) in [4.78, 5) is 0. The van der Waals surface area contributed by atoms with Gasteiger partial charge in [0, 0.05) is 6.04 Å². The number of methoxy groups -OCH3 is 1. The number of hydrogen-bond acceptors (Lipinski definition) is 3. The van der Waals surface area contributed by atoms with Crippen LogP contribution in [0, 0.1) is 6.92 Å². The first-order valence-electron chi connectivity index (χ1n) is 7.72. The minimum atomic E-state index is 0.610. The van der Waals surface area contributed by atoms with Gasteiger partial charge in [-0.1, -0.05) is 19.9 Å². The van der Waals surface area contributed by atoms with Crippen LogP contribution in [-0.4, -0.2) is 26.3 Å². The van der Waals surface area contributed by atoms with Crippen LogP contribution in [0.15, 0.2) is 18.2 Å². The maximum atomic E-state index is 5.83. The van der Waals surface area contributed by atoms with Gasteiger partial charge in [0.15, 0.2) is 11.5 Å². The van der Waals surface area contributed by atoms with Crippen LogP contribution in [-0.2, 0) is 0 Å². The Hall–Kier alpha value is -1.22. The molecule has 0 spiro atoms. The quantitative estimate of drug-likeness (QED) is 0.658. The number of rotatable bonds is 10. The van der Waals surface area contributed by atoms with E-state index in [1.165, 1.54) is 18.4 Å². The van der Waals surface area contributed by atoms with Crippen LogP contribution in [0.4, 0.5) is 0 Å². The second-order valence-corrected chi connectivity index (χ2v) is 5.20. The molecule has 0 aliphatic heterocycles. The highest BCUT2D eigenvalue weighted by atomic mass is 16.5. The van der Waals surface area contributed by atoms with E-state index in [0.29, 0.717) is 6.04 Å². The summed E-state index contributed by atoms with van der Waals surface area (Å²) >= 11 is 0. The van der Waals surface area contributed by atoms with Crippen molar-refractivity contribution < 1.29 is 9.47 Å². The number of nitrogens with one attached hydrogen (secondary N) is 1. The van der Waals surface area contributed by atoms with E-state index in [-0.39, 0.29) is 0 Å².